The van der Waals surface area contributed by atoms with Crippen LogP contribution >= 0.6 is 0 Å². The van der Waals surface area contributed by atoms with Crippen LogP contribution in [0.2, 0.25) is 0 Å². The van der Waals surface area contributed by atoms with Crippen molar-refractivity contribution < 1.29 is 18.7 Å². The maximum absolute atomic E-state index is 14.6. The molecule has 0 saturated carbocycles. The zero-order chi connectivity index (χ0) is 25.2. The number of rotatable bonds is 6. The van der Waals surface area contributed by atoms with E-state index in [1.807, 2.05) is 24.3 Å². The predicted octanol–water partition coefficient (Wildman–Crippen LogP) is 4.05. The van der Waals surface area contributed by atoms with Crippen molar-refractivity contribution in [3.63, 3.8) is 0 Å². The Morgan fingerprint density at radius 2 is 1.62 bits per heavy atom. The summed E-state index contributed by atoms with van der Waals surface area (Å²) in [4.78, 5) is 18.2. The number of hydrazone groups is 1. The number of ether oxygens (including phenoxy) is 2. The number of nitrogens with zero attached hydrogens (tertiary/aromatic N) is 4. The molecule has 3 aliphatic heterocycles. The van der Waals surface area contributed by atoms with Crippen molar-refractivity contribution in [2.75, 3.05) is 39.5 Å². The number of piperazine rings is 1. The van der Waals surface area contributed by atoms with E-state index in [1.54, 1.807) is 18.2 Å². The Labute approximate surface area is 215 Å². The molecule has 3 heterocycles. The van der Waals surface area contributed by atoms with Gasteiger partial charge in [0.25, 0.3) is 5.91 Å². The Morgan fingerprint density at radius 3 is 2.43 bits per heavy atom. The van der Waals surface area contributed by atoms with Crippen LogP contribution in [-0.4, -0.2) is 65.9 Å². The Hall–Kier alpha value is -3.75. The fourth-order valence-corrected chi connectivity index (χ4v) is 5.19. The first-order valence-corrected chi connectivity index (χ1v) is 12.7. The third kappa shape index (κ3) is 5.08. The van der Waals surface area contributed by atoms with Crippen LogP contribution in [0.5, 0.6) is 11.5 Å². The van der Waals surface area contributed by atoms with Crippen LogP contribution < -0.4 is 9.47 Å². The first-order valence-electron chi connectivity index (χ1n) is 12.7. The molecule has 0 radical (unpaired) electrons. The SMILES string of the molecule is O=C(CN1CCN(Cc2ccccc2)CC1)N1N=C(c2ccccc2F)C[C@@H]1c1ccc2c(c1)OCO2. The third-order valence-corrected chi connectivity index (χ3v) is 7.20. The van der Waals surface area contributed by atoms with Gasteiger partial charge in [-0.1, -0.05) is 54.6 Å². The van der Waals surface area contributed by atoms with Crippen LogP contribution in [0.1, 0.15) is 29.2 Å². The van der Waals surface area contributed by atoms with Crippen molar-refractivity contribution in [2.45, 2.75) is 19.0 Å². The fraction of sp³-hybridized carbons (Fsp3) is 0.310. The van der Waals surface area contributed by atoms with Gasteiger partial charge in [0, 0.05) is 44.7 Å². The number of hydrogen-bond acceptors (Lipinski definition) is 6. The van der Waals surface area contributed by atoms with Gasteiger partial charge in [-0.05, 0) is 29.3 Å². The lowest BCUT2D eigenvalue weighted by Crippen LogP contribution is -2.49. The molecule has 6 rings (SSSR count). The van der Waals surface area contributed by atoms with Gasteiger partial charge in [-0.15, -0.1) is 0 Å². The van der Waals surface area contributed by atoms with Crippen LogP contribution in [0.15, 0.2) is 77.9 Å². The Kier molecular flexibility index (Phi) is 6.59. The summed E-state index contributed by atoms with van der Waals surface area (Å²) < 4.78 is 25.6. The molecular formula is C29H29FN4O3. The molecule has 1 saturated heterocycles. The van der Waals surface area contributed by atoms with Gasteiger partial charge >= 0.3 is 0 Å². The standard InChI is InChI=1S/C29H29FN4O3/c30-24-9-5-4-8-23(24)25-17-26(22-10-11-27-28(16-22)37-20-36-27)34(31-25)29(35)19-33-14-12-32(13-15-33)18-21-6-2-1-3-7-21/h1-11,16,26H,12-15,17-20H2/t26-/m1/s1. The van der Waals surface area contributed by atoms with Crippen molar-refractivity contribution in [1.29, 1.82) is 0 Å². The number of fused-ring (bicyclic) bond motifs is 1. The summed E-state index contributed by atoms with van der Waals surface area (Å²) in [5.74, 6) is 0.905. The first kappa shape index (κ1) is 23.6. The fourth-order valence-electron chi connectivity index (χ4n) is 5.19. The molecule has 1 fully saturated rings. The summed E-state index contributed by atoms with van der Waals surface area (Å²) >= 11 is 0. The maximum Gasteiger partial charge on any atom is 0.257 e. The normalized spacial score (nSPS) is 19.8. The zero-order valence-electron chi connectivity index (χ0n) is 20.6. The molecule has 3 aromatic rings. The minimum Gasteiger partial charge on any atom is -0.454 e. The van der Waals surface area contributed by atoms with Gasteiger partial charge in [0.05, 0.1) is 18.3 Å². The van der Waals surface area contributed by atoms with Gasteiger partial charge in [0.2, 0.25) is 6.79 Å². The molecule has 1 atom stereocenters. The molecular weight excluding hydrogens is 471 g/mol. The lowest BCUT2D eigenvalue weighted by Gasteiger charge is -2.35. The molecule has 1 amide bonds. The highest BCUT2D eigenvalue weighted by atomic mass is 19.1. The molecule has 8 heteroatoms. The predicted molar refractivity (Wildman–Crippen MR) is 138 cm³/mol. The quantitative estimate of drug-likeness (QED) is 0.511. The summed E-state index contributed by atoms with van der Waals surface area (Å²) in [5, 5.41) is 6.20. The highest BCUT2D eigenvalue weighted by Gasteiger charge is 2.35. The van der Waals surface area contributed by atoms with E-state index >= 15 is 0 Å². The van der Waals surface area contributed by atoms with E-state index in [0.717, 1.165) is 38.3 Å². The molecule has 0 unspecified atom stereocenters. The number of carbonyl (C=O) groups excluding carboxylic acids is 1. The molecule has 0 aliphatic carbocycles. The van der Waals surface area contributed by atoms with Gasteiger partial charge in [-0.25, -0.2) is 9.40 Å². The molecule has 0 spiro atoms. The van der Waals surface area contributed by atoms with E-state index in [-0.39, 0.29) is 31.1 Å². The largest absolute Gasteiger partial charge is 0.454 e. The monoisotopic (exact) mass is 500 g/mol. The van der Waals surface area contributed by atoms with Crippen molar-refractivity contribution in [3.8, 4) is 11.5 Å². The summed E-state index contributed by atoms with van der Waals surface area (Å²) in [6.45, 7) is 4.79. The van der Waals surface area contributed by atoms with Gasteiger partial charge in [0.15, 0.2) is 11.5 Å². The smallest absolute Gasteiger partial charge is 0.257 e. The van der Waals surface area contributed by atoms with E-state index in [4.69, 9.17) is 9.47 Å². The van der Waals surface area contributed by atoms with Crippen LogP contribution in [0.25, 0.3) is 0 Å². The molecule has 0 aromatic heterocycles. The summed E-state index contributed by atoms with van der Waals surface area (Å²) in [6, 6.07) is 22.4. The second-order valence-corrected chi connectivity index (χ2v) is 9.64. The second-order valence-electron chi connectivity index (χ2n) is 9.64. The van der Waals surface area contributed by atoms with Crippen LogP contribution in [0.3, 0.4) is 0 Å². The average molecular weight is 501 g/mol. The van der Waals surface area contributed by atoms with E-state index in [1.165, 1.54) is 16.6 Å². The molecule has 0 N–H and O–H groups in total. The molecule has 0 bridgehead atoms. The number of hydrogen-bond donors (Lipinski definition) is 0. The zero-order valence-corrected chi connectivity index (χ0v) is 20.6. The van der Waals surface area contributed by atoms with Crippen molar-refractivity contribution in [3.05, 3.63) is 95.3 Å². The van der Waals surface area contributed by atoms with E-state index in [2.05, 4.69) is 39.2 Å². The van der Waals surface area contributed by atoms with Gasteiger partial charge in [-0.3, -0.25) is 14.6 Å². The Morgan fingerprint density at radius 1 is 0.892 bits per heavy atom. The molecule has 190 valence electrons. The van der Waals surface area contributed by atoms with Crippen molar-refractivity contribution >= 4 is 11.6 Å². The Balaban J connectivity index is 1.17. The molecule has 3 aromatic carbocycles. The number of amides is 1. The highest BCUT2D eigenvalue weighted by Crippen LogP contribution is 2.39. The van der Waals surface area contributed by atoms with Crippen LogP contribution in [0, 0.1) is 5.82 Å². The minimum atomic E-state index is -0.338. The van der Waals surface area contributed by atoms with Crippen LogP contribution in [0.4, 0.5) is 4.39 Å². The van der Waals surface area contributed by atoms with Crippen LogP contribution in [-0.2, 0) is 11.3 Å². The molecule has 7 nitrogen and oxygen atoms in total. The number of benzene rings is 3. The maximum atomic E-state index is 14.6. The van der Waals surface area contributed by atoms with Gasteiger partial charge < -0.3 is 9.47 Å². The summed E-state index contributed by atoms with van der Waals surface area (Å²) in [7, 11) is 0. The summed E-state index contributed by atoms with van der Waals surface area (Å²) in [6.07, 6.45) is 0.428. The van der Waals surface area contributed by atoms with Crippen molar-refractivity contribution in [2.24, 2.45) is 5.10 Å². The topological polar surface area (TPSA) is 57.6 Å². The summed E-state index contributed by atoms with van der Waals surface area (Å²) in [5.41, 5.74) is 3.19. The lowest BCUT2D eigenvalue weighted by atomic mass is 9.97. The minimum absolute atomic E-state index is 0.0921. The molecule has 37 heavy (non-hydrogen) atoms. The van der Waals surface area contributed by atoms with Gasteiger partial charge in [-0.2, -0.15) is 5.10 Å². The third-order valence-electron chi connectivity index (χ3n) is 7.20. The highest BCUT2D eigenvalue weighted by molar-refractivity contribution is 6.03. The van der Waals surface area contributed by atoms with Crippen molar-refractivity contribution in [1.82, 2.24) is 14.8 Å². The number of carbonyl (C=O) groups is 1. The van der Waals surface area contributed by atoms with Gasteiger partial charge in [0.1, 0.15) is 5.82 Å². The first-order chi connectivity index (χ1) is 18.1. The molecule has 3 aliphatic rings. The lowest BCUT2D eigenvalue weighted by molar-refractivity contribution is -0.134. The average Bonchev–Trinajstić information content (AvgIpc) is 3.58. The van der Waals surface area contributed by atoms with E-state index in [0.29, 0.717) is 29.2 Å². The van der Waals surface area contributed by atoms with E-state index < -0.39 is 0 Å². The number of halogens is 1. The Bertz CT molecular complexity index is 1310. The second kappa shape index (κ2) is 10.3. The van der Waals surface area contributed by atoms with E-state index in [9.17, 15) is 9.18 Å².